The highest BCUT2D eigenvalue weighted by molar-refractivity contribution is 7.92. The molecular formula is C28H23ClFN3O3S. The lowest BCUT2D eigenvalue weighted by Gasteiger charge is -2.26. The highest BCUT2D eigenvalue weighted by atomic mass is 35.5. The molecule has 37 heavy (non-hydrogen) atoms. The van der Waals surface area contributed by atoms with Crippen LogP contribution in [0.4, 0.5) is 10.1 Å². The van der Waals surface area contributed by atoms with Gasteiger partial charge in [-0.15, -0.1) is 0 Å². The second-order valence-electron chi connectivity index (χ2n) is 8.22. The van der Waals surface area contributed by atoms with Crippen molar-refractivity contribution in [2.24, 2.45) is 5.10 Å². The van der Waals surface area contributed by atoms with Crippen LogP contribution in [0.15, 0.2) is 107 Å². The number of rotatable bonds is 8. The van der Waals surface area contributed by atoms with Gasteiger partial charge in [0.25, 0.3) is 15.9 Å². The summed E-state index contributed by atoms with van der Waals surface area (Å²) in [6.45, 7) is 1.84. The van der Waals surface area contributed by atoms with Gasteiger partial charge in [0.1, 0.15) is 5.82 Å². The minimum atomic E-state index is -4.06. The lowest BCUT2D eigenvalue weighted by Crippen LogP contribution is -2.33. The zero-order valence-corrected chi connectivity index (χ0v) is 21.4. The molecule has 0 saturated heterocycles. The summed E-state index contributed by atoms with van der Waals surface area (Å²) in [5.41, 5.74) is 4.91. The molecule has 0 aliphatic carbocycles. The van der Waals surface area contributed by atoms with Gasteiger partial charge in [-0.3, -0.25) is 9.10 Å². The largest absolute Gasteiger partial charge is 0.273 e. The molecule has 4 aromatic carbocycles. The van der Waals surface area contributed by atoms with Crippen LogP contribution < -0.4 is 9.73 Å². The molecule has 0 radical (unpaired) electrons. The van der Waals surface area contributed by atoms with Crippen LogP contribution in [0.1, 0.15) is 27.0 Å². The van der Waals surface area contributed by atoms with Gasteiger partial charge >= 0.3 is 0 Å². The normalized spacial score (nSPS) is 11.4. The molecule has 6 nitrogen and oxygen atoms in total. The van der Waals surface area contributed by atoms with Gasteiger partial charge in [-0.2, -0.15) is 5.10 Å². The summed E-state index contributed by atoms with van der Waals surface area (Å²) in [5, 5.41) is 4.47. The van der Waals surface area contributed by atoms with Gasteiger partial charge in [-0.25, -0.2) is 18.2 Å². The molecule has 0 fully saturated rings. The summed E-state index contributed by atoms with van der Waals surface area (Å²) >= 11 is 6.02. The molecule has 0 heterocycles. The summed E-state index contributed by atoms with van der Waals surface area (Å²) in [7, 11) is -4.06. The van der Waals surface area contributed by atoms with Crippen molar-refractivity contribution in [1.29, 1.82) is 0 Å². The molecule has 0 bridgehead atoms. The fourth-order valence-corrected chi connectivity index (χ4v) is 5.15. The first-order valence-corrected chi connectivity index (χ1v) is 13.1. The second-order valence-corrected chi connectivity index (χ2v) is 10.5. The number of carbonyl (C=O) groups excluding carboxylic acids is 1. The van der Waals surface area contributed by atoms with Crippen LogP contribution in [-0.4, -0.2) is 20.5 Å². The van der Waals surface area contributed by atoms with Gasteiger partial charge < -0.3 is 0 Å². The Kier molecular flexibility index (Phi) is 8.01. The molecule has 0 unspecified atom stereocenters. The first-order valence-electron chi connectivity index (χ1n) is 11.3. The van der Waals surface area contributed by atoms with Gasteiger partial charge in [0, 0.05) is 5.02 Å². The molecule has 9 heteroatoms. The van der Waals surface area contributed by atoms with Crippen LogP contribution in [-0.2, 0) is 16.6 Å². The van der Waals surface area contributed by atoms with E-state index >= 15 is 0 Å². The lowest BCUT2D eigenvalue weighted by atomic mass is 10.1. The van der Waals surface area contributed by atoms with E-state index in [9.17, 15) is 17.6 Å². The summed E-state index contributed by atoms with van der Waals surface area (Å²) in [6.07, 6.45) is 1.37. The minimum Gasteiger partial charge on any atom is -0.267 e. The molecule has 0 aromatic heterocycles. The van der Waals surface area contributed by atoms with Crippen LogP contribution in [0.3, 0.4) is 0 Å². The van der Waals surface area contributed by atoms with Crippen molar-refractivity contribution in [2.45, 2.75) is 18.4 Å². The third-order valence-electron chi connectivity index (χ3n) is 5.52. The minimum absolute atomic E-state index is 0.0312. The van der Waals surface area contributed by atoms with E-state index in [1.807, 2.05) is 6.92 Å². The van der Waals surface area contributed by atoms with Crippen molar-refractivity contribution < 1.29 is 17.6 Å². The number of hydrogen-bond acceptors (Lipinski definition) is 4. The van der Waals surface area contributed by atoms with Gasteiger partial charge in [-0.05, 0) is 66.6 Å². The van der Waals surface area contributed by atoms with E-state index in [1.165, 1.54) is 53.0 Å². The maximum absolute atomic E-state index is 13.8. The molecule has 1 N–H and O–H groups in total. The van der Waals surface area contributed by atoms with E-state index in [1.54, 1.807) is 54.6 Å². The molecule has 1 amide bonds. The molecule has 0 saturated carbocycles. The Morgan fingerprint density at radius 1 is 0.946 bits per heavy atom. The number of nitrogens with zero attached hydrogens (tertiary/aromatic N) is 2. The Balaban J connectivity index is 1.70. The standard InChI is InChI=1S/C28H23ClFN3O3S/c1-20-6-16-25(17-7-20)37(35,36)33(19-22-8-12-23(29)13-9-22)27-5-3-2-4-26(27)28(34)32-31-18-21-10-14-24(30)15-11-21/h2-18H,19H2,1H3,(H,32,34)/b31-18+. The van der Waals surface area contributed by atoms with E-state index in [-0.39, 0.29) is 28.5 Å². The zero-order valence-electron chi connectivity index (χ0n) is 19.8. The Bertz CT molecular complexity index is 1520. The molecule has 0 aliphatic rings. The van der Waals surface area contributed by atoms with E-state index in [0.29, 0.717) is 16.1 Å². The van der Waals surface area contributed by atoms with Crippen molar-refractivity contribution >= 4 is 39.4 Å². The number of hydrazone groups is 1. The van der Waals surface area contributed by atoms with Crippen molar-refractivity contribution in [3.8, 4) is 0 Å². The fourth-order valence-electron chi connectivity index (χ4n) is 3.55. The summed E-state index contributed by atoms with van der Waals surface area (Å²) < 4.78 is 42.0. The Labute approximate surface area is 220 Å². The monoisotopic (exact) mass is 535 g/mol. The SMILES string of the molecule is Cc1ccc(S(=O)(=O)N(Cc2ccc(Cl)cc2)c2ccccc2C(=O)N/N=C/c2ccc(F)cc2)cc1. The van der Waals surface area contributed by atoms with Gasteiger partial charge in [0.2, 0.25) is 0 Å². The molecule has 0 spiro atoms. The molecule has 0 aliphatic heterocycles. The number of hydrogen-bond donors (Lipinski definition) is 1. The number of benzene rings is 4. The van der Waals surface area contributed by atoms with Crippen LogP contribution in [0.25, 0.3) is 0 Å². The van der Waals surface area contributed by atoms with Crippen molar-refractivity contribution in [1.82, 2.24) is 5.43 Å². The Morgan fingerprint density at radius 2 is 1.59 bits per heavy atom. The number of para-hydroxylation sites is 1. The van der Waals surface area contributed by atoms with E-state index < -0.39 is 15.9 Å². The van der Waals surface area contributed by atoms with Crippen LogP contribution >= 0.6 is 11.6 Å². The molecule has 4 rings (SSSR count). The summed E-state index contributed by atoms with van der Waals surface area (Å²) in [4.78, 5) is 13.2. The van der Waals surface area contributed by atoms with Crippen LogP contribution in [0, 0.1) is 12.7 Å². The number of halogens is 2. The quantitative estimate of drug-likeness (QED) is 0.224. The van der Waals surface area contributed by atoms with E-state index in [2.05, 4.69) is 10.5 Å². The number of sulfonamides is 1. The molecule has 0 atom stereocenters. The lowest BCUT2D eigenvalue weighted by molar-refractivity contribution is 0.0955. The van der Waals surface area contributed by atoms with Crippen LogP contribution in [0.2, 0.25) is 5.02 Å². The van der Waals surface area contributed by atoms with Gasteiger partial charge in [0.05, 0.1) is 28.9 Å². The van der Waals surface area contributed by atoms with Crippen molar-refractivity contribution in [3.63, 3.8) is 0 Å². The number of amides is 1. The van der Waals surface area contributed by atoms with E-state index in [4.69, 9.17) is 11.6 Å². The predicted molar refractivity (Wildman–Crippen MR) is 144 cm³/mol. The molecular weight excluding hydrogens is 513 g/mol. The molecule has 188 valence electrons. The number of aryl methyl sites for hydroxylation is 1. The van der Waals surface area contributed by atoms with Crippen molar-refractivity contribution in [3.05, 3.63) is 130 Å². The summed E-state index contributed by atoms with van der Waals surface area (Å²) in [6, 6.07) is 25.3. The first kappa shape index (κ1) is 26.1. The fraction of sp³-hybridized carbons (Fsp3) is 0.0714. The second kappa shape index (κ2) is 11.4. The molecule has 4 aromatic rings. The van der Waals surface area contributed by atoms with E-state index in [0.717, 1.165) is 5.56 Å². The topological polar surface area (TPSA) is 78.8 Å². The number of anilines is 1. The third-order valence-corrected chi connectivity index (χ3v) is 7.54. The number of nitrogens with one attached hydrogen (secondary N) is 1. The number of carbonyl (C=O) groups is 1. The van der Waals surface area contributed by atoms with Gasteiger partial charge in [-0.1, -0.05) is 65.7 Å². The average molecular weight is 536 g/mol. The maximum Gasteiger partial charge on any atom is 0.273 e. The Morgan fingerprint density at radius 3 is 2.27 bits per heavy atom. The first-order chi connectivity index (χ1) is 17.7. The highest BCUT2D eigenvalue weighted by Crippen LogP contribution is 2.29. The highest BCUT2D eigenvalue weighted by Gasteiger charge is 2.28. The maximum atomic E-state index is 13.8. The van der Waals surface area contributed by atoms with Crippen molar-refractivity contribution in [2.75, 3.05) is 4.31 Å². The average Bonchev–Trinajstić information content (AvgIpc) is 2.89. The predicted octanol–water partition coefficient (Wildman–Crippen LogP) is 5.95. The third kappa shape index (κ3) is 6.41. The van der Waals surface area contributed by atoms with Gasteiger partial charge in [0.15, 0.2) is 0 Å². The van der Waals surface area contributed by atoms with Crippen LogP contribution in [0.5, 0.6) is 0 Å². The zero-order chi connectivity index (χ0) is 26.4. The Hall–Kier alpha value is -4.01. The summed E-state index contributed by atoms with van der Waals surface area (Å²) in [5.74, 6) is -0.986. The smallest absolute Gasteiger partial charge is 0.267 e.